The zero-order chi connectivity index (χ0) is 11.7. The largest absolute Gasteiger partial charge is 0.496 e. The zero-order valence-electron chi connectivity index (χ0n) is 10.1. The minimum atomic E-state index is 0.576. The second kappa shape index (κ2) is 4.64. The molecule has 1 unspecified atom stereocenters. The first-order chi connectivity index (χ1) is 7.65. The van der Waals surface area contributed by atoms with Crippen molar-refractivity contribution in [1.29, 1.82) is 0 Å². The molecule has 1 atom stereocenters. The Labute approximate surface area is 102 Å². The maximum Gasteiger partial charge on any atom is 0.126 e. The van der Waals surface area contributed by atoms with Gasteiger partial charge in [-0.2, -0.15) is 0 Å². The lowest BCUT2D eigenvalue weighted by Crippen LogP contribution is -2.09. The number of rotatable bonds is 2. The van der Waals surface area contributed by atoms with Crippen LogP contribution in [-0.2, 0) is 0 Å². The molecule has 2 rings (SSSR count). The summed E-state index contributed by atoms with van der Waals surface area (Å²) < 4.78 is 5.45. The van der Waals surface area contributed by atoms with Gasteiger partial charge < -0.3 is 10.1 Å². The normalized spacial score (nSPS) is 20.1. The van der Waals surface area contributed by atoms with E-state index in [4.69, 9.17) is 16.3 Å². The van der Waals surface area contributed by atoms with Crippen LogP contribution in [0.25, 0.3) is 0 Å². The molecule has 0 bridgehead atoms. The first kappa shape index (κ1) is 11.7. The quantitative estimate of drug-likeness (QED) is 0.857. The molecule has 1 aromatic rings. The van der Waals surface area contributed by atoms with Crippen LogP contribution in [0, 0.1) is 13.8 Å². The average Bonchev–Trinajstić information content (AvgIpc) is 2.77. The fourth-order valence-corrected chi connectivity index (χ4v) is 2.73. The third-order valence-corrected chi connectivity index (χ3v) is 3.85. The minimum Gasteiger partial charge on any atom is -0.496 e. The van der Waals surface area contributed by atoms with Gasteiger partial charge in [-0.1, -0.05) is 11.6 Å². The Balaban J connectivity index is 2.49. The first-order valence-electron chi connectivity index (χ1n) is 5.69. The van der Waals surface area contributed by atoms with Gasteiger partial charge in [0.25, 0.3) is 0 Å². The highest BCUT2D eigenvalue weighted by atomic mass is 35.5. The van der Waals surface area contributed by atoms with E-state index in [2.05, 4.69) is 18.3 Å². The number of methoxy groups -OCH3 is 1. The first-order valence-corrected chi connectivity index (χ1v) is 6.07. The summed E-state index contributed by atoms with van der Waals surface area (Å²) in [6.45, 7) is 6.27. The highest BCUT2D eigenvalue weighted by molar-refractivity contribution is 6.31. The molecule has 1 N–H and O–H groups in total. The van der Waals surface area contributed by atoms with Crippen molar-refractivity contribution in [2.45, 2.75) is 26.2 Å². The smallest absolute Gasteiger partial charge is 0.126 e. The SMILES string of the molecule is COc1c(C)c(Cl)cc(C2CCNC2)c1C. The van der Waals surface area contributed by atoms with E-state index in [9.17, 15) is 0 Å². The van der Waals surface area contributed by atoms with Crippen LogP contribution in [0.3, 0.4) is 0 Å². The predicted molar refractivity (Wildman–Crippen MR) is 67.7 cm³/mol. The maximum atomic E-state index is 6.25. The number of hydrogen-bond acceptors (Lipinski definition) is 2. The minimum absolute atomic E-state index is 0.576. The van der Waals surface area contributed by atoms with E-state index in [1.807, 2.05) is 6.92 Å². The van der Waals surface area contributed by atoms with Crippen molar-refractivity contribution in [3.05, 3.63) is 27.8 Å². The molecule has 1 heterocycles. The van der Waals surface area contributed by atoms with Crippen LogP contribution in [0.5, 0.6) is 5.75 Å². The second-order valence-corrected chi connectivity index (χ2v) is 4.83. The molecule has 2 nitrogen and oxygen atoms in total. The van der Waals surface area contributed by atoms with E-state index in [0.29, 0.717) is 5.92 Å². The molecule has 3 heteroatoms. The van der Waals surface area contributed by atoms with Gasteiger partial charge in [0.1, 0.15) is 5.75 Å². The van der Waals surface area contributed by atoms with E-state index in [1.54, 1.807) is 7.11 Å². The third kappa shape index (κ3) is 1.92. The highest BCUT2D eigenvalue weighted by Crippen LogP contribution is 2.37. The van der Waals surface area contributed by atoms with Gasteiger partial charge in [-0.3, -0.25) is 0 Å². The lowest BCUT2D eigenvalue weighted by atomic mass is 9.92. The monoisotopic (exact) mass is 239 g/mol. The van der Waals surface area contributed by atoms with Gasteiger partial charge in [0.05, 0.1) is 7.11 Å². The van der Waals surface area contributed by atoms with Crippen molar-refractivity contribution in [3.8, 4) is 5.75 Å². The summed E-state index contributed by atoms with van der Waals surface area (Å²) in [7, 11) is 1.71. The molecule has 0 spiro atoms. The zero-order valence-corrected chi connectivity index (χ0v) is 10.8. The fraction of sp³-hybridized carbons (Fsp3) is 0.538. The number of ether oxygens (including phenoxy) is 1. The van der Waals surface area contributed by atoms with Crippen LogP contribution in [0.1, 0.15) is 29.0 Å². The number of nitrogens with one attached hydrogen (secondary N) is 1. The second-order valence-electron chi connectivity index (χ2n) is 4.42. The molecule has 1 aliphatic rings. The van der Waals surface area contributed by atoms with E-state index in [-0.39, 0.29) is 0 Å². The van der Waals surface area contributed by atoms with Crippen molar-refractivity contribution in [3.63, 3.8) is 0 Å². The van der Waals surface area contributed by atoms with Crippen LogP contribution < -0.4 is 10.1 Å². The van der Waals surface area contributed by atoms with E-state index in [1.165, 1.54) is 17.5 Å². The number of hydrogen-bond donors (Lipinski definition) is 1. The Morgan fingerprint density at radius 1 is 1.38 bits per heavy atom. The molecule has 16 heavy (non-hydrogen) atoms. The van der Waals surface area contributed by atoms with Crippen molar-refractivity contribution in [2.24, 2.45) is 0 Å². The lowest BCUT2D eigenvalue weighted by Gasteiger charge is -2.18. The number of benzene rings is 1. The molecule has 1 fully saturated rings. The predicted octanol–water partition coefficient (Wildman–Crippen LogP) is 3.04. The molecular formula is C13H18ClNO. The van der Waals surface area contributed by atoms with Crippen molar-refractivity contribution >= 4 is 11.6 Å². The summed E-state index contributed by atoms with van der Waals surface area (Å²) >= 11 is 6.25. The van der Waals surface area contributed by atoms with Gasteiger partial charge in [0.2, 0.25) is 0 Å². The highest BCUT2D eigenvalue weighted by Gasteiger charge is 2.22. The number of halogens is 1. The topological polar surface area (TPSA) is 21.3 Å². The molecule has 1 aromatic carbocycles. The standard InChI is InChI=1S/C13H18ClNO/c1-8-11(10-4-5-15-7-10)6-12(14)9(2)13(8)16-3/h6,10,15H,4-5,7H2,1-3H3. The Morgan fingerprint density at radius 2 is 2.12 bits per heavy atom. The Hall–Kier alpha value is -0.730. The molecule has 0 amide bonds. The summed E-state index contributed by atoms with van der Waals surface area (Å²) in [5, 5.41) is 4.20. The van der Waals surface area contributed by atoms with Gasteiger partial charge in [-0.05, 0) is 49.9 Å². The van der Waals surface area contributed by atoms with Gasteiger partial charge in [0.15, 0.2) is 0 Å². The summed E-state index contributed by atoms with van der Waals surface area (Å²) in [6, 6.07) is 2.10. The van der Waals surface area contributed by atoms with Gasteiger partial charge in [-0.25, -0.2) is 0 Å². The van der Waals surface area contributed by atoms with Crippen LogP contribution in [0.4, 0.5) is 0 Å². The van der Waals surface area contributed by atoms with Crippen molar-refractivity contribution in [1.82, 2.24) is 5.32 Å². The van der Waals surface area contributed by atoms with Gasteiger partial charge in [0, 0.05) is 17.1 Å². The summed E-state index contributed by atoms with van der Waals surface area (Å²) in [6.07, 6.45) is 1.18. The maximum absolute atomic E-state index is 6.25. The Bertz CT molecular complexity index is 397. The Kier molecular flexibility index (Phi) is 3.41. The molecule has 0 saturated carbocycles. The molecule has 1 saturated heterocycles. The molecule has 0 aliphatic carbocycles. The lowest BCUT2D eigenvalue weighted by molar-refractivity contribution is 0.407. The summed E-state index contributed by atoms with van der Waals surface area (Å²) in [5.74, 6) is 1.52. The Morgan fingerprint density at radius 3 is 2.69 bits per heavy atom. The van der Waals surface area contributed by atoms with Crippen LogP contribution in [0.2, 0.25) is 5.02 Å². The molecule has 88 valence electrons. The average molecular weight is 240 g/mol. The van der Waals surface area contributed by atoms with Gasteiger partial charge in [-0.15, -0.1) is 0 Å². The molecule has 0 radical (unpaired) electrons. The third-order valence-electron chi connectivity index (χ3n) is 3.46. The van der Waals surface area contributed by atoms with Crippen molar-refractivity contribution < 1.29 is 4.74 Å². The summed E-state index contributed by atoms with van der Waals surface area (Å²) in [4.78, 5) is 0. The van der Waals surface area contributed by atoms with Gasteiger partial charge >= 0.3 is 0 Å². The van der Waals surface area contributed by atoms with Crippen LogP contribution in [0.15, 0.2) is 6.07 Å². The molecular weight excluding hydrogens is 222 g/mol. The fourth-order valence-electron chi connectivity index (χ4n) is 2.52. The summed E-state index contributed by atoms with van der Waals surface area (Å²) in [5.41, 5.74) is 3.60. The van der Waals surface area contributed by atoms with Crippen LogP contribution in [-0.4, -0.2) is 20.2 Å². The van der Waals surface area contributed by atoms with E-state index in [0.717, 1.165) is 29.4 Å². The van der Waals surface area contributed by atoms with E-state index < -0.39 is 0 Å². The van der Waals surface area contributed by atoms with Crippen LogP contribution >= 0.6 is 11.6 Å². The van der Waals surface area contributed by atoms with Crippen molar-refractivity contribution in [2.75, 3.05) is 20.2 Å². The molecule has 1 aliphatic heterocycles. The van der Waals surface area contributed by atoms with E-state index >= 15 is 0 Å². The molecule has 0 aromatic heterocycles.